The second-order valence-electron chi connectivity index (χ2n) is 9.92. The summed E-state index contributed by atoms with van der Waals surface area (Å²) in [6.07, 6.45) is 1.76. The van der Waals surface area contributed by atoms with Gasteiger partial charge in [0, 0.05) is 29.2 Å². The SMILES string of the molecule is Cc1cc(C2C(c3ccccn3)NC(=S)N2c2ccc(NC(=O)C(C)C)c(Cl)c2)c(C)n1-c1ccccc1F. The Kier molecular flexibility index (Phi) is 7.42. The molecule has 1 aliphatic heterocycles. The van der Waals surface area contributed by atoms with Gasteiger partial charge in [-0.1, -0.05) is 43.6 Å². The maximum atomic E-state index is 14.9. The van der Waals surface area contributed by atoms with E-state index in [0.717, 1.165) is 28.3 Å². The van der Waals surface area contributed by atoms with Crippen LogP contribution in [-0.4, -0.2) is 20.6 Å². The lowest BCUT2D eigenvalue weighted by Gasteiger charge is -2.28. The maximum Gasteiger partial charge on any atom is 0.226 e. The summed E-state index contributed by atoms with van der Waals surface area (Å²) in [4.78, 5) is 18.9. The van der Waals surface area contributed by atoms with Crippen LogP contribution in [0.25, 0.3) is 5.69 Å². The number of aryl methyl sites for hydroxylation is 1. The van der Waals surface area contributed by atoms with E-state index in [2.05, 4.69) is 21.7 Å². The third-order valence-electron chi connectivity index (χ3n) is 6.99. The van der Waals surface area contributed by atoms with Crippen molar-refractivity contribution in [1.29, 1.82) is 0 Å². The van der Waals surface area contributed by atoms with Crippen LogP contribution in [0, 0.1) is 25.6 Å². The zero-order chi connectivity index (χ0) is 27.8. The quantitative estimate of drug-likeness (QED) is 0.247. The highest BCUT2D eigenvalue weighted by atomic mass is 35.5. The van der Waals surface area contributed by atoms with E-state index in [0.29, 0.717) is 21.5 Å². The number of aromatic nitrogens is 2. The number of para-hydroxylation sites is 1. The van der Waals surface area contributed by atoms with Crippen molar-refractivity contribution in [3.8, 4) is 5.69 Å². The first-order chi connectivity index (χ1) is 18.7. The number of thiocarbonyl (C=S) groups is 1. The second-order valence-corrected chi connectivity index (χ2v) is 10.7. The second kappa shape index (κ2) is 10.8. The molecule has 2 atom stereocenters. The number of benzene rings is 2. The molecule has 39 heavy (non-hydrogen) atoms. The van der Waals surface area contributed by atoms with Crippen LogP contribution in [0.1, 0.15) is 48.6 Å². The average Bonchev–Trinajstić information content (AvgIpc) is 3.41. The summed E-state index contributed by atoms with van der Waals surface area (Å²) in [7, 11) is 0. The molecule has 2 N–H and O–H groups in total. The minimum absolute atomic E-state index is 0.114. The van der Waals surface area contributed by atoms with Crippen molar-refractivity contribution in [1.82, 2.24) is 14.9 Å². The monoisotopic (exact) mass is 561 g/mol. The number of halogens is 2. The largest absolute Gasteiger partial charge is 0.351 e. The predicted octanol–water partition coefficient (Wildman–Crippen LogP) is 7.05. The predicted molar refractivity (Wildman–Crippen MR) is 158 cm³/mol. The highest BCUT2D eigenvalue weighted by Gasteiger charge is 2.42. The Balaban J connectivity index is 1.63. The fourth-order valence-electron chi connectivity index (χ4n) is 5.07. The molecular formula is C30H29ClFN5OS. The maximum absolute atomic E-state index is 14.9. The van der Waals surface area contributed by atoms with E-state index in [1.807, 2.05) is 67.5 Å². The molecule has 2 aromatic carbocycles. The number of hydrogen-bond donors (Lipinski definition) is 2. The Hall–Kier alpha value is -3.75. The molecule has 2 aromatic heterocycles. The van der Waals surface area contributed by atoms with E-state index < -0.39 is 0 Å². The summed E-state index contributed by atoms with van der Waals surface area (Å²) in [5.74, 6) is -0.587. The summed E-state index contributed by atoms with van der Waals surface area (Å²) >= 11 is 12.5. The molecule has 200 valence electrons. The van der Waals surface area contributed by atoms with Crippen molar-refractivity contribution < 1.29 is 9.18 Å². The molecule has 0 saturated carbocycles. The van der Waals surface area contributed by atoms with Crippen molar-refractivity contribution in [3.05, 3.63) is 106 Å². The molecule has 1 aliphatic rings. The molecule has 2 unspecified atom stereocenters. The molecule has 3 heterocycles. The molecule has 1 saturated heterocycles. The molecule has 1 fully saturated rings. The summed E-state index contributed by atoms with van der Waals surface area (Å²) in [6, 6.07) is 19.5. The number of anilines is 2. The van der Waals surface area contributed by atoms with E-state index in [9.17, 15) is 9.18 Å². The van der Waals surface area contributed by atoms with Gasteiger partial charge in [-0.3, -0.25) is 9.78 Å². The van der Waals surface area contributed by atoms with Crippen LogP contribution < -0.4 is 15.5 Å². The standard InChI is InChI=1S/C30H29ClFN5OS/c1-17(2)29(38)34-24-13-12-20(16-22(24)31)37-28(27(35-30(37)39)25-10-7-8-14-33-25)21-15-18(3)36(19(21)4)26-11-6-5-9-23(26)32/h5-17,27-28H,1-4H3,(H,34,38)(H,35,39). The zero-order valence-corrected chi connectivity index (χ0v) is 23.6. The Morgan fingerprint density at radius 1 is 1.10 bits per heavy atom. The van der Waals surface area contributed by atoms with Crippen molar-refractivity contribution in [2.75, 3.05) is 10.2 Å². The van der Waals surface area contributed by atoms with Gasteiger partial charge in [0.15, 0.2) is 5.11 Å². The van der Waals surface area contributed by atoms with Gasteiger partial charge in [-0.15, -0.1) is 0 Å². The van der Waals surface area contributed by atoms with Gasteiger partial charge < -0.3 is 20.1 Å². The van der Waals surface area contributed by atoms with Crippen LogP contribution >= 0.6 is 23.8 Å². The number of nitrogens with zero attached hydrogens (tertiary/aromatic N) is 3. The first kappa shape index (κ1) is 26.8. The van der Waals surface area contributed by atoms with Crippen molar-refractivity contribution >= 4 is 46.2 Å². The van der Waals surface area contributed by atoms with E-state index in [4.69, 9.17) is 23.8 Å². The summed E-state index contributed by atoms with van der Waals surface area (Å²) in [6.45, 7) is 7.60. The molecule has 0 aliphatic carbocycles. The van der Waals surface area contributed by atoms with Crippen LogP contribution in [0.5, 0.6) is 0 Å². The van der Waals surface area contributed by atoms with Crippen LogP contribution in [0.15, 0.2) is 72.9 Å². The number of nitrogens with one attached hydrogen (secondary N) is 2. The average molecular weight is 562 g/mol. The highest BCUT2D eigenvalue weighted by Crippen LogP contribution is 2.44. The lowest BCUT2D eigenvalue weighted by molar-refractivity contribution is -0.118. The lowest BCUT2D eigenvalue weighted by atomic mass is 9.96. The highest BCUT2D eigenvalue weighted by molar-refractivity contribution is 7.80. The van der Waals surface area contributed by atoms with E-state index in [-0.39, 0.29) is 29.7 Å². The minimum atomic E-state index is -0.300. The van der Waals surface area contributed by atoms with Gasteiger partial charge >= 0.3 is 0 Å². The molecule has 1 amide bonds. The molecule has 5 rings (SSSR count). The Bertz CT molecular complexity index is 1550. The molecule has 0 bridgehead atoms. The molecular weight excluding hydrogens is 533 g/mol. The smallest absolute Gasteiger partial charge is 0.226 e. The van der Waals surface area contributed by atoms with E-state index in [1.165, 1.54) is 6.07 Å². The minimum Gasteiger partial charge on any atom is -0.351 e. The molecule has 0 spiro atoms. The molecule has 4 aromatic rings. The number of rotatable bonds is 6. The van der Waals surface area contributed by atoms with Gasteiger partial charge in [0.25, 0.3) is 0 Å². The molecule has 6 nitrogen and oxygen atoms in total. The van der Waals surface area contributed by atoms with Crippen molar-refractivity contribution in [2.24, 2.45) is 5.92 Å². The number of hydrogen-bond acceptors (Lipinski definition) is 3. The Morgan fingerprint density at radius 3 is 2.51 bits per heavy atom. The van der Waals surface area contributed by atoms with E-state index >= 15 is 0 Å². The third kappa shape index (κ3) is 5.02. The summed E-state index contributed by atoms with van der Waals surface area (Å²) < 4.78 is 16.8. The topological polar surface area (TPSA) is 62.2 Å². The third-order valence-corrected chi connectivity index (χ3v) is 7.62. The van der Waals surface area contributed by atoms with Crippen LogP contribution in [0.3, 0.4) is 0 Å². The van der Waals surface area contributed by atoms with Gasteiger partial charge in [-0.25, -0.2) is 4.39 Å². The van der Waals surface area contributed by atoms with E-state index in [1.54, 1.807) is 30.5 Å². The van der Waals surface area contributed by atoms with Gasteiger partial charge in [0.05, 0.1) is 34.2 Å². The number of carbonyl (C=O) groups is 1. The fraction of sp³-hybridized carbons (Fsp3) is 0.233. The normalized spacial score (nSPS) is 17.0. The number of amides is 1. The number of pyridine rings is 1. The molecule has 0 radical (unpaired) electrons. The van der Waals surface area contributed by atoms with Crippen LogP contribution in [0.2, 0.25) is 5.02 Å². The van der Waals surface area contributed by atoms with Gasteiger partial charge in [0.1, 0.15) is 5.82 Å². The van der Waals surface area contributed by atoms with Crippen molar-refractivity contribution in [2.45, 2.75) is 39.8 Å². The van der Waals surface area contributed by atoms with Gasteiger partial charge in [-0.2, -0.15) is 0 Å². The first-order valence-corrected chi connectivity index (χ1v) is 13.5. The Labute approximate surface area is 237 Å². The summed E-state index contributed by atoms with van der Waals surface area (Å²) in [5, 5.41) is 7.25. The van der Waals surface area contributed by atoms with Crippen LogP contribution in [0.4, 0.5) is 15.8 Å². The fourth-order valence-corrected chi connectivity index (χ4v) is 5.64. The first-order valence-electron chi connectivity index (χ1n) is 12.7. The lowest BCUT2D eigenvalue weighted by Crippen LogP contribution is -2.29. The Morgan fingerprint density at radius 2 is 1.85 bits per heavy atom. The number of carbonyl (C=O) groups excluding carboxylic acids is 1. The van der Waals surface area contributed by atoms with Crippen LogP contribution in [-0.2, 0) is 4.79 Å². The van der Waals surface area contributed by atoms with Gasteiger partial charge in [0.2, 0.25) is 5.91 Å². The van der Waals surface area contributed by atoms with Crippen molar-refractivity contribution in [3.63, 3.8) is 0 Å². The zero-order valence-electron chi connectivity index (χ0n) is 22.1. The van der Waals surface area contributed by atoms with Gasteiger partial charge in [-0.05, 0) is 80.2 Å². The molecule has 9 heteroatoms. The summed E-state index contributed by atoms with van der Waals surface area (Å²) in [5.41, 5.74) is 5.39.